The fourth-order valence-corrected chi connectivity index (χ4v) is 1.71. The Morgan fingerprint density at radius 2 is 1.82 bits per heavy atom. The summed E-state index contributed by atoms with van der Waals surface area (Å²) in [4.78, 5) is 11.4. The van der Waals surface area contributed by atoms with Crippen molar-refractivity contribution in [2.24, 2.45) is 0 Å². The number of nitrogens with zero attached hydrogens (tertiary/aromatic N) is 2. The lowest BCUT2D eigenvalue weighted by molar-refractivity contribution is 0.582. The zero-order valence-corrected chi connectivity index (χ0v) is 6.92. The third kappa shape index (κ3) is 0.708. The van der Waals surface area contributed by atoms with Gasteiger partial charge in [-0.15, -0.1) is 0 Å². The minimum absolute atomic E-state index is 0.194. The van der Waals surface area contributed by atoms with Gasteiger partial charge in [0.25, 0.3) is 5.56 Å². The zero-order valence-electron chi connectivity index (χ0n) is 6.92. The molecule has 0 amide bonds. The fraction of sp³-hybridized carbons (Fsp3) is 0.625. The lowest BCUT2D eigenvalue weighted by Gasteiger charge is -1.99. The number of hydrogen-bond acceptors (Lipinski definition) is 1. The molecule has 0 atom stereocenters. The lowest BCUT2D eigenvalue weighted by atomic mass is 10.3. The number of rotatable bonds is 0. The van der Waals surface area contributed by atoms with Crippen molar-refractivity contribution in [3.8, 4) is 0 Å². The van der Waals surface area contributed by atoms with Gasteiger partial charge in [-0.25, -0.2) is 0 Å². The van der Waals surface area contributed by atoms with Crippen LogP contribution in [-0.2, 0) is 13.1 Å². The maximum Gasteiger partial charge on any atom is 0.269 e. The van der Waals surface area contributed by atoms with E-state index in [9.17, 15) is 4.79 Å². The molecule has 11 heavy (non-hydrogen) atoms. The molecule has 3 nitrogen and oxygen atoms in total. The highest BCUT2D eigenvalue weighted by molar-refractivity contribution is 5.15. The molecule has 0 aliphatic carbocycles. The average Bonchev–Trinajstić information content (AvgIpc) is 2.53. The van der Waals surface area contributed by atoms with Crippen LogP contribution in [0.5, 0.6) is 0 Å². The van der Waals surface area contributed by atoms with Crippen LogP contribution in [0.3, 0.4) is 0 Å². The molecule has 1 aromatic rings. The first-order valence-corrected chi connectivity index (χ1v) is 3.98. The maximum atomic E-state index is 11.4. The Labute approximate surface area is 65.2 Å². The summed E-state index contributed by atoms with van der Waals surface area (Å²) in [5.74, 6) is 0. The largest absolute Gasteiger partial charge is 0.287 e. The molecule has 0 saturated heterocycles. The highest BCUT2D eigenvalue weighted by atomic mass is 16.1. The molecule has 2 heterocycles. The topological polar surface area (TPSA) is 26.9 Å². The second kappa shape index (κ2) is 2.00. The summed E-state index contributed by atoms with van der Waals surface area (Å²) in [7, 11) is 0. The van der Waals surface area contributed by atoms with Gasteiger partial charge in [0.05, 0.1) is 0 Å². The van der Waals surface area contributed by atoms with Gasteiger partial charge in [-0.05, 0) is 20.3 Å². The molecule has 0 saturated carbocycles. The third-order valence-electron chi connectivity index (χ3n) is 2.52. The number of aromatic nitrogens is 2. The molecular weight excluding hydrogens is 140 g/mol. The monoisotopic (exact) mass is 152 g/mol. The normalized spacial score (nSPS) is 15.5. The van der Waals surface area contributed by atoms with Crippen molar-refractivity contribution in [2.75, 3.05) is 0 Å². The Bertz CT molecular complexity index is 346. The lowest BCUT2D eigenvalue weighted by Crippen LogP contribution is -2.17. The van der Waals surface area contributed by atoms with Gasteiger partial charge >= 0.3 is 0 Å². The van der Waals surface area contributed by atoms with Gasteiger partial charge in [-0.3, -0.25) is 14.2 Å². The standard InChI is InChI=1S/C8H12N2O/c1-6-7(2)9-4-3-5-10(9)8(6)11/h3-5H2,1-2H3. The Morgan fingerprint density at radius 3 is 2.45 bits per heavy atom. The molecule has 0 unspecified atom stereocenters. The molecule has 0 fully saturated rings. The van der Waals surface area contributed by atoms with Crippen LogP contribution in [-0.4, -0.2) is 9.36 Å². The molecule has 2 rings (SSSR count). The highest BCUT2D eigenvalue weighted by Gasteiger charge is 2.16. The third-order valence-corrected chi connectivity index (χ3v) is 2.52. The second-order valence-corrected chi connectivity index (χ2v) is 3.12. The molecule has 3 heteroatoms. The van der Waals surface area contributed by atoms with Gasteiger partial charge in [0.1, 0.15) is 0 Å². The molecule has 1 aromatic heterocycles. The quantitative estimate of drug-likeness (QED) is 0.536. The molecule has 1 aliphatic rings. The molecule has 0 bridgehead atoms. The average molecular weight is 152 g/mol. The van der Waals surface area contributed by atoms with Gasteiger partial charge in [0, 0.05) is 24.3 Å². The van der Waals surface area contributed by atoms with E-state index in [1.165, 1.54) is 0 Å². The number of fused-ring (bicyclic) bond motifs is 1. The zero-order chi connectivity index (χ0) is 8.01. The Morgan fingerprint density at radius 1 is 1.18 bits per heavy atom. The van der Waals surface area contributed by atoms with Crippen LogP contribution < -0.4 is 5.56 Å². The Kier molecular flexibility index (Phi) is 1.22. The van der Waals surface area contributed by atoms with E-state index in [-0.39, 0.29) is 5.56 Å². The first kappa shape index (κ1) is 6.70. The predicted molar refractivity (Wildman–Crippen MR) is 42.8 cm³/mol. The second-order valence-electron chi connectivity index (χ2n) is 3.12. The molecule has 0 radical (unpaired) electrons. The van der Waals surface area contributed by atoms with E-state index in [0.29, 0.717) is 0 Å². The van der Waals surface area contributed by atoms with Crippen LogP contribution in [0.25, 0.3) is 0 Å². The van der Waals surface area contributed by atoms with Crippen LogP contribution in [0.1, 0.15) is 17.7 Å². The van der Waals surface area contributed by atoms with E-state index >= 15 is 0 Å². The van der Waals surface area contributed by atoms with Crippen molar-refractivity contribution in [2.45, 2.75) is 33.4 Å². The van der Waals surface area contributed by atoms with E-state index < -0.39 is 0 Å². The summed E-state index contributed by atoms with van der Waals surface area (Å²) in [5, 5.41) is 0. The minimum Gasteiger partial charge on any atom is -0.287 e. The van der Waals surface area contributed by atoms with Crippen molar-refractivity contribution in [1.29, 1.82) is 0 Å². The summed E-state index contributed by atoms with van der Waals surface area (Å²) in [6.45, 7) is 5.82. The van der Waals surface area contributed by atoms with E-state index in [1.54, 1.807) is 0 Å². The minimum atomic E-state index is 0.194. The van der Waals surface area contributed by atoms with Crippen molar-refractivity contribution >= 4 is 0 Å². The van der Waals surface area contributed by atoms with Crippen molar-refractivity contribution in [3.63, 3.8) is 0 Å². The van der Waals surface area contributed by atoms with E-state index in [4.69, 9.17) is 0 Å². The molecule has 0 spiro atoms. The van der Waals surface area contributed by atoms with Crippen molar-refractivity contribution in [1.82, 2.24) is 9.36 Å². The van der Waals surface area contributed by atoms with Crippen LogP contribution in [0, 0.1) is 13.8 Å². The summed E-state index contributed by atoms with van der Waals surface area (Å²) in [6.07, 6.45) is 1.11. The van der Waals surface area contributed by atoms with Gasteiger partial charge < -0.3 is 0 Å². The maximum absolute atomic E-state index is 11.4. The van der Waals surface area contributed by atoms with Gasteiger partial charge in [0.15, 0.2) is 0 Å². The molecule has 0 N–H and O–H groups in total. The fourth-order valence-electron chi connectivity index (χ4n) is 1.71. The van der Waals surface area contributed by atoms with Crippen molar-refractivity contribution < 1.29 is 0 Å². The first-order chi connectivity index (χ1) is 5.22. The first-order valence-electron chi connectivity index (χ1n) is 3.98. The van der Waals surface area contributed by atoms with Gasteiger partial charge in [0.2, 0.25) is 0 Å². The van der Waals surface area contributed by atoms with Crippen molar-refractivity contribution in [3.05, 3.63) is 21.6 Å². The van der Waals surface area contributed by atoms with Crippen LogP contribution in [0.4, 0.5) is 0 Å². The summed E-state index contributed by atoms with van der Waals surface area (Å²) >= 11 is 0. The summed E-state index contributed by atoms with van der Waals surface area (Å²) in [6, 6.07) is 0. The molecule has 1 aliphatic heterocycles. The number of hydrogen-bond donors (Lipinski definition) is 0. The summed E-state index contributed by atoms with van der Waals surface area (Å²) in [5.41, 5.74) is 2.23. The van der Waals surface area contributed by atoms with Crippen LogP contribution in [0.15, 0.2) is 4.79 Å². The van der Waals surface area contributed by atoms with Gasteiger partial charge in [-0.1, -0.05) is 0 Å². The van der Waals surface area contributed by atoms with Gasteiger partial charge in [-0.2, -0.15) is 0 Å². The Balaban J connectivity index is 2.78. The Hall–Kier alpha value is -0.990. The molecule has 0 aromatic carbocycles. The van der Waals surface area contributed by atoms with E-state index in [0.717, 1.165) is 30.8 Å². The highest BCUT2D eigenvalue weighted by Crippen LogP contribution is 2.10. The smallest absolute Gasteiger partial charge is 0.269 e. The van der Waals surface area contributed by atoms with Crippen LogP contribution >= 0.6 is 0 Å². The molecule has 60 valence electrons. The summed E-state index contributed by atoms with van der Waals surface area (Å²) < 4.78 is 3.92. The SMILES string of the molecule is Cc1c(C)n2n(c1=O)CCC2. The van der Waals surface area contributed by atoms with Crippen LogP contribution in [0.2, 0.25) is 0 Å². The molecular formula is C8H12N2O. The van der Waals surface area contributed by atoms with E-state index in [2.05, 4.69) is 4.68 Å². The predicted octanol–water partition coefficient (Wildman–Crippen LogP) is 0.670. The van der Waals surface area contributed by atoms with E-state index in [1.807, 2.05) is 18.5 Å².